The van der Waals surface area contributed by atoms with Crippen LogP contribution < -0.4 is 0 Å². The van der Waals surface area contributed by atoms with E-state index < -0.39 is 37.3 Å². The molecule has 6 N–H and O–H groups in total. The van der Waals surface area contributed by atoms with E-state index in [2.05, 4.69) is 0 Å². The van der Waals surface area contributed by atoms with Crippen LogP contribution in [0.25, 0.3) is 0 Å². The number of ether oxygens (including phenoxy) is 2. The number of hydrogen-bond donors (Lipinski definition) is 6. The number of benzene rings is 1. The largest absolute Gasteiger partial charge is 0.508 e. The summed E-state index contributed by atoms with van der Waals surface area (Å²) < 4.78 is 10.8. The molecule has 172 valence electrons. The molecular weight excluding hydrogens is 392 g/mol. The van der Waals surface area contributed by atoms with Crippen molar-refractivity contribution in [3.05, 3.63) is 23.8 Å². The van der Waals surface area contributed by atoms with E-state index in [0.717, 1.165) is 63.4 Å². The van der Waals surface area contributed by atoms with Crippen LogP contribution in [0.3, 0.4) is 0 Å². The van der Waals surface area contributed by atoms with Gasteiger partial charge in [-0.1, -0.05) is 44.6 Å². The molecule has 0 unspecified atom stereocenters. The van der Waals surface area contributed by atoms with Crippen LogP contribution in [0.2, 0.25) is 0 Å². The summed E-state index contributed by atoms with van der Waals surface area (Å²) >= 11 is 0. The molecule has 0 aromatic heterocycles. The monoisotopic (exact) mass is 428 g/mol. The van der Waals surface area contributed by atoms with Crippen molar-refractivity contribution >= 4 is 0 Å². The van der Waals surface area contributed by atoms with Gasteiger partial charge in [-0.15, -0.1) is 0 Å². The molecule has 0 radical (unpaired) electrons. The smallest absolute Gasteiger partial charge is 0.186 e. The van der Waals surface area contributed by atoms with E-state index in [9.17, 15) is 25.5 Å². The summed E-state index contributed by atoms with van der Waals surface area (Å²) in [6.45, 7) is -0.0836. The third-order valence-corrected chi connectivity index (χ3v) is 5.54. The highest BCUT2D eigenvalue weighted by Gasteiger charge is 2.43. The number of unbranched alkanes of at least 4 members (excludes halogenated alkanes) is 7. The molecule has 1 fully saturated rings. The van der Waals surface area contributed by atoms with Crippen LogP contribution in [0.5, 0.6) is 11.5 Å². The lowest BCUT2D eigenvalue weighted by atomic mass is 9.99. The van der Waals surface area contributed by atoms with Crippen molar-refractivity contribution in [2.75, 3.05) is 13.2 Å². The minimum absolute atomic E-state index is 0.0786. The Morgan fingerprint density at radius 2 is 1.43 bits per heavy atom. The topological polar surface area (TPSA) is 140 Å². The number of aliphatic hydroxyl groups excluding tert-OH is 4. The van der Waals surface area contributed by atoms with Crippen molar-refractivity contribution in [2.24, 2.45) is 0 Å². The van der Waals surface area contributed by atoms with Crippen LogP contribution in [-0.2, 0) is 15.9 Å². The number of aliphatic hydroxyl groups is 4. The molecule has 2 rings (SSSR count). The summed E-state index contributed by atoms with van der Waals surface area (Å²) in [6.07, 6.45) is 3.10. The van der Waals surface area contributed by atoms with Gasteiger partial charge in [0.25, 0.3) is 0 Å². The second kappa shape index (κ2) is 13.1. The number of rotatable bonds is 13. The van der Waals surface area contributed by atoms with Crippen molar-refractivity contribution in [2.45, 2.75) is 88.5 Å². The molecular formula is C22H36O8. The Labute approximate surface area is 177 Å². The Bertz CT molecular complexity index is 609. The number of aromatic hydroxyl groups is 2. The number of hydrogen-bond acceptors (Lipinski definition) is 8. The van der Waals surface area contributed by atoms with Crippen molar-refractivity contribution in [3.63, 3.8) is 0 Å². The Kier molecular flexibility index (Phi) is 10.8. The summed E-state index contributed by atoms with van der Waals surface area (Å²) in [5, 5.41) is 57.6. The maximum Gasteiger partial charge on any atom is 0.186 e. The SMILES string of the molecule is OC[C@H]1O[C@@H](OCCCCCCCCCCc2ccc(O)cc2O)[C@H](O)[C@@H](O)[C@@H]1O. The van der Waals surface area contributed by atoms with Gasteiger partial charge in [-0.25, -0.2) is 0 Å². The average molecular weight is 429 g/mol. The zero-order chi connectivity index (χ0) is 21.9. The van der Waals surface area contributed by atoms with Crippen molar-refractivity contribution < 1.29 is 40.1 Å². The Morgan fingerprint density at radius 1 is 0.800 bits per heavy atom. The summed E-state index contributed by atoms with van der Waals surface area (Å²) in [7, 11) is 0. The van der Waals surface area contributed by atoms with Gasteiger partial charge < -0.3 is 40.1 Å². The van der Waals surface area contributed by atoms with Gasteiger partial charge in [-0.2, -0.15) is 0 Å². The van der Waals surface area contributed by atoms with Gasteiger partial charge in [0.05, 0.1) is 6.61 Å². The molecule has 5 atom stereocenters. The van der Waals surface area contributed by atoms with Gasteiger partial charge in [0.15, 0.2) is 6.29 Å². The summed E-state index contributed by atoms with van der Waals surface area (Å²) in [6, 6.07) is 4.73. The third-order valence-electron chi connectivity index (χ3n) is 5.54. The van der Waals surface area contributed by atoms with Crippen LogP contribution in [0.4, 0.5) is 0 Å². The van der Waals surface area contributed by atoms with Crippen LogP contribution in [0.15, 0.2) is 18.2 Å². The van der Waals surface area contributed by atoms with Gasteiger partial charge in [0, 0.05) is 12.7 Å². The fourth-order valence-electron chi connectivity index (χ4n) is 3.65. The van der Waals surface area contributed by atoms with Gasteiger partial charge in [-0.05, 0) is 30.9 Å². The van der Waals surface area contributed by atoms with Crippen molar-refractivity contribution in [1.82, 2.24) is 0 Å². The fraction of sp³-hybridized carbons (Fsp3) is 0.727. The molecule has 1 aliphatic heterocycles. The fourth-order valence-corrected chi connectivity index (χ4v) is 3.65. The van der Waals surface area contributed by atoms with Gasteiger partial charge in [0.2, 0.25) is 0 Å². The first-order valence-corrected chi connectivity index (χ1v) is 10.9. The van der Waals surface area contributed by atoms with Gasteiger partial charge in [-0.3, -0.25) is 0 Å². The van der Waals surface area contributed by atoms with E-state index in [1.54, 1.807) is 12.1 Å². The van der Waals surface area contributed by atoms with Crippen LogP contribution in [0, 0.1) is 0 Å². The molecule has 30 heavy (non-hydrogen) atoms. The predicted octanol–water partition coefficient (Wildman–Crippen LogP) is 1.58. The van der Waals surface area contributed by atoms with E-state index in [1.165, 1.54) is 6.07 Å². The van der Waals surface area contributed by atoms with Crippen molar-refractivity contribution in [3.8, 4) is 11.5 Å². The van der Waals surface area contributed by atoms with Crippen LogP contribution >= 0.6 is 0 Å². The molecule has 1 aliphatic rings. The van der Waals surface area contributed by atoms with Crippen LogP contribution in [0.1, 0.15) is 56.9 Å². The van der Waals surface area contributed by atoms with Crippen molar-refractivity contribution in [1.29, 1.82) is 0 Å². The third kappa shape index (κ3) is 7.68. The maximum absolute atomic E-state index is 9.90. The molecule has 0 amide bonds. The minimum atomic E-state index is -1.40. The van der Waals surface area contributed by atoms with E-state index in [1.807, 2.05) is 0 Å². The lowest BCUT2D eigenvalue weighted by Crippen LogP contribution is -2.59. The first kappa shape index (κ1) is 24.8. The standard InChI is InChI=1S/C22H36O8/c23-14-18-19(26)20(27)21(28)22(30-18)29-12-8-6-4-2-1-3-5-7-9-15-10-11-16(24)13-17(15)25/h10-11,13,18-28H,1-9,12,14H2/t18-,19-,20+,21-,22-/m1/s1. The number of phenols is 2. The normalized spacial score (nSPS) is 26.7. The Hall–Kier alpha value is -1.42. The molecule has 1 aromatic carbocycles. The number of aryl methyl sites for hydroxylation is 1. The van der Waals surface area contributed by atoms with Crippen LogP contribution in [-0.4, -0.2) is 74.6 Å². The first-order valence-electron chi connectivity index (χ1n) is 10.9. The second-order valence-corrected chi connectivity index (χ2v) is 7.96. The first-order chi connectivity index (χ1) is 14.4. The zero-order valence-corrected chi connectivity index (χ0v) is 17.4. The lowest BCUT2D eigenvalue weighted by Gasteiger charge is -2.39. The molecule has 0 spiro atoms. The van der Waals surface area contributed by atoms with E-state index in [4.69, 9.17) is 14.6 Å². The van der Waals surface area contributed by atoms with Gasteiger partial charge in [0.1, 0.15) is 35.9 Å². The predicted molar refractivity (Wildman–Crippen MR) is 110 cm³/mol. The molecule has 0 saturated carbocycles. The molecule has 8 heteroatoms. The van der Waals surface area contributed by atoms with E-state index >= 15 is 0 Å². The molecule has 0 bridgehead atoms. The molecule has 1 heterocycles. The highest BCUT2D eigenvalue weighted by atomic mass is 16.7. The highest BCUT2D eigenvalue weighted by Crippen LogP contribution is 2.25. The van der Waals surface area contributed by atoms with Gasteiger partial charge >= 0.3 is 0 Å². The lowest BCUT2D eigenvalue weighted by molar-refractivity contribution is -0.301. The summed E-state index contributed by atoms with van der Waals surface area (Å²) in [5.74, 6) is 0.232. The molecule has 8 nitrogen and oxygen atoms in total. The zero-order valence-electron chi connectivity index (χ0n) is 17.4. The minimum Gasteiger partial charge on any atom is -0.508 e. The highest BCUT2D eigenvalue weighted by molar-refractivity contribution is 5.38. The Morgan fingerprint density at radius 3 is 2.07 bits per heavy atom. The quantitative estimate of drug-likeness (QED) is 0.260. The average Bonchev–Trinajstić information content (AvgIpc) is 2.73. The maximum atomic E-state index is 9.90. The summed E-state index contributed by atoms with van der Waals surface area (Å²) in [5.41, 5.74) is 0.868. The molecule has 1 saturated heterocycles. The Balaban J connectivity index is 1.45. The van der Waals surface area contributed by atoms with E-state index in [-0.39, 0.29) is 11.5 Å². The second-order valence-electron chi connectivity index (χ2n) is 7.96. The molecule has 0 aliphatic carbocycles. The molecule has 1 aromatic rings. The van der Waals surface area contributed by atoms with E-state index in [0.29, 0.717) is 6.61 Å². The summed E-state index contributed by atoms with van der Waals surface area (Å²) in [4.78, 5) is 0. The number of phenolic OH excluding ortho intramolecular Hbond substituents is 2.